The first kappa shape index (κ1) is 6.79. The molecule has 0 bridgehead atoms. The second kappa shape index (κ2) is 2.30. The summed E-state index contributed by atoms with van der Waals surface area (Å²) in [6, 6.07) is 1.69. The maximum Gasteiger partial charge on any atom is 0.200 e. The molecule has 1 N–H and O–H groups in total. The number of pyridine rings is 1. The lowest BCUT2D eigenvalue weighted by molar-refractivity contribution is 0.602. The lowest BCUT2D eigenvalue weighted by atomic mass is 10.3. The van der Waals surface area contributed by atoms with E-state index in [1.54, 1.807) is 12.3 Å². The SMILES string of the molecule is Fc1[nH]cc2ncc(Br)cc12. The van der Waals surface area contributed by atoms with Gasteiger partial charge in [-0.25, -0.2) is 0 Å². The molecule has 2 aromatic rings. The van der Waals surface area contributed by atoms with Gasteiger partial charge in [0.15, 0.2) is 0 Å². The van der Waals surface area contributed by atoms with Crippen molar-refractivity contribution in [2.45, 2.75) is 0 Å². The molecule has 0 saturated carbocycles. The van der Waals surface area contributed by atoms with Gasteiger partial charge in [-0.05, 0) is 22.0 Å². The molecule has 0 saturated heterocycles. The van der Waals surface area contributed by atoms with Crippen LogP contribution in [0.4, 0.5) is 4.39 Å². The Morgan fingerprint density at radius 3 is 3.18 bits per heavy atom. The van der Waals surface area contributed by atoms with Gasteiger partial charge in [0, 0.05) is 16.9 Å². The molecule has 0 radical (unpaired) electrons. The second-order valence-corrected chi connectivity index (χ2v) is 3.10. The fourth-order valence-corrected chi connectivity index (χ4v) is 1.28. The number of hydrogen-bond donors (Lipinski definition) is 1. The van der Waals surface area contributed by atoms with Crippen LogP contribution in [-0.2, 0) is 0 Å². The normalized spacial score (nSPS) is 10.7. The molecule has 4 heteroatoms. The molecule has 2 rings (SSSR count). The minimum atomic E-state index is -0.339. The van der Waals surface area contributed by atoms with Crippen LogP contribution in [0.1, 0.15) is 0 Å². The zero-order valence-electron chi connectivity index (χ0n) is 5.44. The molecule has 0 amide bonds. The van der Waals surface area contributed by atoms with E-state index in [1.807, 2.05) is 0 Å². The minimum absolute atomic E-state index is 0.339. The standard InChI is InChI=1S/C7H4BrFN2/c8-4-1-5-6(10-2-4)3-11-7(5)9/h1-3,11H. The molecule has 0 aliphatic rings. The highest BCUT2D eigenvalue weighted by atomic mass is 79.9. The highest BCUT2D eigenvalue weighted by molar-refractivity contribution is 9.10. The summed E-state index contributed by atoms with van der Waals surface area (Å²) in [6.07, 6.45) is 3.17. The fourth-order valence-electron chi connectivity index (χ4n) is 0.950. The second-order valence-electron chi connectivity index (χ2n) is 2.19. The zero-order valence-corrected chi connectivity index (χ0v) is 7.02. The maximum atomic E-state index is 12.8. The van der Waals surface area contributed by atoms with Crippen molar-refractivity contribution >= 4 is 26.8 Å². The molecule has 2 nitrogen and oxygen atoms in total. The van der Waals surface area contributed by atoms with Crippen molar-refractivity contribution in [2.75, 3.05) is 0 Å². The van der Waals surface area contributed by atoms with Crippen LogP contribution in [0.2, 0.25) is 0 Å². The topological polar surface area (TPSA) is 28.7 Å². The quantitative estimate of drug-likeness (QED) is 0.718. The largest absolute Gasteiger partial charge is 0.336 e. The highest BCUT2D eigenvalue weighted by Crippen LogP contribution is 2.18. The van der Waals surface area contributed by atoms with E-state index in [0.29, 0.717) is 10.9 Å². The molecule has 0 aliphatic carbocycles. The number of nitrogens with one attached hydrogen (secondary N) is 1. The van der Waals surface area contributed by atoms with Crippen LogP contribution in [0, 0.1) is 5.95 Å². The predicted molar refractivity (Wildman–Crippen MR) is 43.8 cm³/mol. The molecule has 56 valence electrons. The number of aromatic nitrogens is 2. The third kappa shape index (κ3) is 1.03. The van der Waals surface area contributed by atoms with Crippen LogP contribution in [0.3, 0.4) is 0 Å². The lowest BCUT2D eigenvalue weighted by Gasteiger charge is -1.88. The average Bonchev–Trinajstić information content (AvgIpc) is 2.33. The molecular formula is C7H4BrFN2. The summed E-state index contributed by atoms with van der Waals surface area (Å²) in [5, 5.41) is 0.513. The smallest absolute Gasteiger partial charge is 0.200 e. The summed E-state index contributed by atoms with van der Waals surface area (Å²) in [6.45, 7) is 0. The van der Waals surface area contributed by atoms with Crippen LogP contribution in [0.25, 0.3) is 10.9 Å². The van der Waals surface area contributed by atoms with E-state index in [4.69, 9.17) is 0 Å². The van der Waals surface area contributed by atoms with Gasteiger partial charge < -0.3 is 4.98 Å². The number of hydrogen-bond acceptors (Lipinski definition) is 1. The Labute approximate surface area is 70.6 Å². The molecule has 0 unspecified atom stereocenters. The Hall–Kier alpha value is -0.900. The van der Waals surface area contributed by atoms with Crippen molar-refractivity contribution in [3.05, 3.63) is 28.9 Å². The minimum Gasteiger partial charge on any atom is -0.336 e. The molecule has 2 heterocycles. The first-order valence-corrected chi connectivity index (χ1v) is 3.85. The van der Waals surface area contributed by atoms with E-state index < -0.39 is 0 Å². The van der Waals surface area contributed by atoms with Crippen LogP contribution < -0.4 is 0 Å². The molecular weight excluding hydrogens is 211 g/mol. The number of nitrogens with zero attached hydrogens (tertiary/aromatic N) is 1. The van der Waals surface area contributed by atoms with Crippen molar-refractivity contribution in [1.29, 1.82) is 0 Å². The molecule has 0 spiro atoms. The van der Waals surface area contributed by atoms with Gasteiger partial charge >= 0.3 is 0 Å². The molecule has 2 aromatic heterocycles. The van der Waals surface area contributed by atoms with Gasteiger partial charge in [-0.2, -0.15) is 4.39 Å². The van der Waals surface area contributed by atoms with Crippen molar-refractivity contribution in [1.82, 2.24) is 9.97 Å². The van der Waals surface area contributed by atoms with Gasteiger partial charge in [0.25, 0.3) is 0 Å². The Morgan fingerprint density at radius 2 is 2.36 bits per heavy atom. The van der Waals surface area contributed by atoms with E-state index in [-0.39, 0.29) is 5.95 Å². The zero-order chi connectivity index (χ0) is 7.84. The van der Waals surface area contributed by atoms with Crippen molar-refractivity contribution < 1.29 is 4.39 Å². The van der Waals surface area contributed by atoms with Crippen LogP contribution in [-0.4, -0.2) is 9.97 Å². The Bertz CT molecular complexity index is 396. The molecule has 0 fully saturated rings. The van der Waals surface area contributed by atoms with Gasteiger partial charge in [0.05, 0.1) is 10.9 Å². The lowest BCUT2D eigenvalue weighted by Crippen LogP contribution is -1.74. The number of H-pyrrole nitrogens is 1. The first-order chi connectivity index (χ1) is 5.27. The summed E-state index contributed by atoms with van der Waals surface area (Å²) < 4.78 is 13.6. The van der Waals surface area contributed by atoms with Gasteiger partial charge in [-0.1, -0.05) is 0 Å². The first-order valence-electron chi connectivity index (χ1n) is 3.05. The monoisotopic (exact) mass is 214 g/mol. The number of rotatable bonds is 0. The van der Waals surface area contributed by atoms with E-state index in [9.17, 15) is 4.39 Å². The number of halogens is 2. The Morgan fingerprint density at radius 1 is 1.55 bits per heavy atom. The summed E-state index contributed by atoms with van der Waals surface area (Å²) in [7, 11) is 0. The molecule has 0 aliphatic heterocycles. The van der Waals surface area contributed by atoms with Crippen LogP contribution in [0.15, 0.2) is 22.9 Å². The van der Waals surface area contributed by atoms with E-state index in [0.717, 1.165) is 4.47 Å². The van der Waals surface area contributed by atoms with Crippen LogP contribution >= 0.6 is 15.9 Å². The van der Waals surface area contributed by atoms with E-state index in [2.05, 4.69) is 25.9 Å². The van der Waals surface area contributed by atoms with Gasteiger partial charge in [0.2, 0.25) is 5.95 Å². The predicted octanol–water partition coefficient (Wildman–Crippen LogP) is 2.46. The molecule has 0 aromatic carbocycles. The molecule has 0 atom stereocenters. The summed E-state index contributed by atoms with van der Waals surface area (Å²) >= 11 is 3.21. The van der Waals surface area contributed by atoms with Gasteiger partial charge in [0.1, 0.15) is 0 Å². The summed E-state index contributed by atoms with van der Waals surface area (Å²) in [4.78, 5) is 6.44. The third-order valence-corrected chi connectivity index (χ3v) is 1.89. The average molecular weight is 215 g/mol. The number of fused-ring (bicyclic) bond motifs is 1. The summed E-state index contributed by atoms with van der Waals surface area (Å²) in [5.74, 6) is -0.339. The van der Waals surface area contributed by atoms with E-state index >= 15 is 0 Å². The Kier molecular flexibility index (Phi) is 1.42. The Balaban J connectivity index is 2.87. The third-order valence-electron chi connectivity index (χ3n) is 1.46. The summed E-state index contributed by atoms with van der Waals surface area (Å²) in [5.41, 5.74) is 0.644. The van der Waals surface area contributed by atoms with Gasteiger partial charge in [-0.15, -0.1) is 0 Å². The molecule has 11 heavy (non-hydrogen) atoms. The highest BCUT2D eigenvalue weighted by Gasteiger charge is 2.02. The number of aromatic amines is 1. The maximum absolute atomic E-state index is 12.8. The fraction of sp³-hybridized carbons (Fsp3) is 0. The van der Waals surface area contributed by atoms with Crippen molar-refractivity contribution in [3.8, 4) is 0 Å². The van der Waals surface area contributed by atoms with Crippen molar-refractivity contribution in [3.63, 3.8) is 0 Å². The van der Waals surface area contributed by atoms with Crippen molar-refractivity contribution in [2.24, 2.45) is 0 Å². The van der Waals surface area contributed by atoms with E-state index in [1.165, 1.54) is 6.20 Å². The van der Waals surface area contributed by atoms with Crippen LogP contribution in [0.5, 0.6) is 0 Å². The van der Waals surface area contributed by atoms with Gasteiger partial charge in [-0.3, -0.25) is 4.98 Å².